The van der Waals surface area contributed by atoms with E-state index in [-0.39, 0.29) is 36.1 Å². The number of likely N-dealkylation sites (tertiary alicyclic amines) is 1. The zero-order valence-corrected chi connectivity index (χ0v) is 24.6. The number of anilines is 1. The number of amides is 3. The van der Waals surface area contributed by atoms with Gasteiger partial charge in [-0.25, -0.2) is 0 Å². The molecular formula is C30H40ClN3O4S. The zero-order valence-electron chi connectivity index (χ0n) is 23.0. The summed E-state index contributed by atoms with van der Waals surface area (Å²) in [5.41, 5.74) is 1.48. The predicted molar refractivity (Wildman–Crippen MR) is 158 cm³/mol. The summed E-state index contributed by atoms with van der Waals surface area (Å²) in [6, 6.07) is 4.80. The first-order valence-electron chi connectivity index (χ1n) is 13.9. The van der Waals surface area contributed by atoms with Crippen LogP contribution >= 0.6 is 23.4 Å². The first-order chi connectivity index (χ1) is 18.8. The molecule has 0 radical (unpaired) electrons. The third kappa shape index (κ3) is 5.16. The van der Waals surface area contributed by atoms with Crippen molar-refractivity contribution in [1.82, 2.24) is 9.80 Å². The van der Waals surface area contributed by atoms with Crippen LogP contribution in [0.4, 0.5) is 5.69 Å². The van der Waals surface area contributed by atoms with Crippen LogP contribution in [0.5, 0.6) is 0 Å². The van der Waals surface area contributed by atoms with Gasteiger partial charge in [-0.1, -0.05) is 42.8 Å². The molecule has 1 spiro atoms. The monoisotopic (exact) mass is 573 g/mol. The van der Waals surface area contributed by atoms with Crippen molar-refractivity contribution in [1.29, 1.82) is 0 Å². The number of hydrogen-bond acceptors (Lipinski definition) is 5. The fraction of sp³-hybridized carbons (Fsp3) is 0.567. The van der Waals surface area contributed by atoms with Gasteiger partial charge in [0.25, 0.3) is 5.91 Å². The topological polar surface area (TPSA) is 81.2 Å². The van der Waals surface area contributed by atoms with E-state index in [9.17, 15) is 19.5 Å². The first-order valence-corrected chi connectivity index (χ1v) is 15.2. The number of unbranched alkanes of at least 4 members (excludes halogenated alkanes) is 1. The molecule has 4 rings (SSSR count). The van der Waals surface area contributed by atoms with Crippen molar-refractivity contribution in [2.75, 3.05) is 37.7 Å². The molecule has 0 saturated carbocycles. The van der Waals surface area contributed by atoms with Gasteiger partial charge in [0, 0.05) is 38.0 Å². The zero-order chi connectivity index (χ0) is 28.3. The number of aryl methyl sites for hydroxylation is 1. The predicted octanol–water partition coefficient (Wildman–Crippen LogP) is 4.46. The van der Waals surface area contributed by atoms with E-state index in [2.05, 4.69) is 13.2 Å². The maximum Gasteiger partial charge on any atom is 0.251 e. The van der Waals surface area contributed by atoms with Crippen molar-refractivity contribution in [2.24, 2.45) is 11.8 Å². The average molecular weight is 574 g/mol. The van der Waals surface area contributed by atoms with Gasteiger partial charge < -0.3 is 19.8 Å². The van der Waals surface area contributed by atoms with Gasteiger partial charge >= 0.3 is 0 Å². The van der Waals surface area contributed by atoms with Crippen LogP contribution in [0.2, 0.25) is 5.02 Å². The molecular weight excluding hydrogens is 534 g/mol. The fourth-order valence-electron chi connectivity index (χ4n) is 6.81. The molecule has 1 aromatic rings. The van der Waals surface area contributed by atoms with Gasteiger partial charge in [-0.15, -0.1) is 24.9 Å². The Hall–Kier alpha value is -2.29. The quantitative estimate of drug-likeness (QED) is 0.278. The Kier molecular flexibility index (Phi) is 9.50. The van der Waals surface area contributed by atoms with Crippen molar-refractivity contribution >= 4 is 46.8 Å². The number of nitrogens with zero attached hydrogens (tertiary/aromatic N) is 3. The van der Waals surface area contributed by atoms with Gasteiger partial charge in [0.05, 0.1) is 27.3 Å². The Morgan fingerprint density at radius 2 is 1.97 bits per heavy atom. The highest BCUT2D eigenvalue weighted by Crippen LogP contribution is 2.66. The highest BCUT2D eigenvalue weighted by atomic mass is 35.5. The second-order valence-corrected chi connectivity index (χ2v) is 12.7. The number of rotatable bonds is 13. The normalized spacial score (nSPS) is 27.0. The highest BCUT2D eigenvalue weighted by molar-refractivity contribution is 8.02. The van der Waals surface area contributed by atoms with E-state index in [0.29, 0.717) is 49.6 Å². The largest absolute Gasteiger partial charge is 0.396 e. The molecule has 2 unspecified atom stereocenters. The molecule has 212 valence electrons. The maximum atomic E-state index is 14.6. The first kappa shape index (κ1) is 29.7. The molecule has 7 nitrogen and oxygen atoms in total. The second kappa shape index (κ2) is 12.5. The minimum atomic E-state index is -0.726. The summed E-state index contributed by atoms with van der Waals surface area (Å²) in [5, 5.41) is 9.89. The molecule has 0 aliphatic carbocycles. The van der Waals surface area contributed by atoms with Crippen LogP contribution in [-0.4, -0.2) is 81.5 Å². The lowest BCUT2D eigenvalue weighted by Gasteiger charge is -2.38. The molecule has 3 heterocycles. The lowest BCUT2D eigenvalue weighted by Crippen LogP contribution is -2.55. The van der Waals surface area contributed by atoms with Gasteiger partial charge in [0.1, 0.15) is 6.04 Å². The van der Waals surface area contributed by atoms with E-state index in [1.807, 2.05) is 30.9 Å². The summed E-state index contributed by atoms with van der Waals surface area (Å²) in [6.45, 7) is 13.3. The average Bonchev–Trinajstić information content (AvgIpc) is 3.55. The van der Waals surface area contributed by atoms with Crippen LogP contribution in [0, 0.1) is 18.8 Å². The van der Waals surface area contributed by atoms with Gasteiger partial charge in [-0.2, -0.15) is 0 Å². The minimum absolute atomic E-state index is 0.000386. The number of hydrogen-bond donors (Lipinski definition) is 1. The summed E-state index contributed by atoms with van der Waals surface area (Å²) in [4.78, 5) is 47.9. The number of thioether (sulfide) groups is 1. The number of carbonyl (C=O) groups is 3. The Bertz CT molecular complexity index is 1110. The summed E-state index contributed by atoms with van der Waals surface area (Å²) in [5.74, 6) is -1.34. The highest BCUT2D eigenvalue weighted by Gasteiger charge is 2.74. The van der Waals surface area contributed by atoms with E-state index < -0.39 is 22.6 Å². The standard InChI is InChI=1S/C30H40ClN3O4S/c1-5-15-32(16-6-2)27(36)23-22-13-14-30(39-22)24(23)28(37)34(18-8-9-19-35)26(30)29(38)33(17-7-3)25-20(4)11-10-12-21(25)31/h5,7,10-12,22-24,26,35H,1,3,6,8-9,13-19H2,2,4H3/t22-,23+,24-,26?,30?/m0/s1. The van der Waals surface area contributed by atoms with Crippen LogP contribution in [-0.2, 0) is 14.4 Å². The van der Waals surface area contributed by atoms with Crippen molar-refractivity contribution in [3.63, 3.8) is 0 Å². The number of aliphatic hydroxyl groups excluding tert-OH is 1. The van der Waals surface area contributed by atoms with E-state index in [4.69, 9.17) is 11.6 Å². The molecule has 3 fully saturated rings. The third-order valence-electron chi connectivity index (χ3n) is 8.32. The molecule has 3 saturated heterocycles. The molecule has 3 aliphatic heterocycles. The van der Waals surface area contributed by atoms with Crippen molar-refractivity contribution in [3.8, 4) is 0 Å². The molecule has 2 bridgehead atoms. The Morgan fingerprint density at radius 1 is 1.23 bits per heavy atom. The summed E-state index contributed by atoms with van der Waals surface area (Å²) >= 11 is 8.30. The molecule has 5 atom stereocenters. The SMILES string of the molecule is C=CCN(CCC)C(=O)[C@@H]1[C@@H]2CCC3(S2)C(C(=O)N(CC=C)c2c(C)cccc2Cl)N(CCCCO)C(=O)[C@H]13. The van der Waals surface area contributed by atoms with Crippen LogP contribution < -0.4 is 4.90 Å². The number of fused-ring (bicyclic) bond motifs is 1. The lowest BCUT2D eigenvalue weighted by atomic mass is 9.70. The molecule has 39 heavy (non-hydrogen) atoms. The van der Waals surface area contributed by atoms with Gasteiger partial charge in [-0.05, 0) is 50.7 Å². The number of para-hydroxylation sites is 1. The summed E-state index contributed by atoms with van der Waals surface area (Å²) in [6.07, 6.45) is 6.82. The molecule has 1 N–H and O–H groups in total. The number of aliphatic hydroxyl groups is 1. The molecule has 0 aromatic heterocycles. The van der Waals surface area contributed by atoms with Crippen molar-refractivity contribution < 1.29 is 19.5 Å². The molecule has 3 aliphatic rings. The van der Waals surface area contributed by atoms with E-state index in [1.54, 1.807) is 39.8 Å². The third-order valence-corrected chi connectivity index (χ3v) is 10.6. The smallest absolute Gasteiger partial charge is 0.251 e. The van der Waals surface area contributed by atoms with Crippen LogP contribution in [0.1, 0.15) is 44.6 Å². The number of halogens is 1. The number of carbonyl (C=O) groups excluding carboxylic acids is 3. The van der Waals surface area contributed by atoms with Gasteiger partial charge in [0.15, 0.2) is 0 Å². The molecule has 3 amide bonds. The van der Waals surface area contributed by atoms with Crippen LogP contribution in [0.15, 0.2) is 43.5 Å². The van der Waals surface area contributed by atoms with Crippen LogP contribution in [0.25, 0.3) is 0 Å². The van der Waals surface area contributed by atoms with Crippen molar-refractivity contribution in [2.45, 2.75) is 62.0 Å². The molecule has 9 heteroatoms. The van der Waals surface area contributed by atoms with E-state index in [0.717, 1.165) is 18.4 Å². The lowest BCUT2D eigenvalue weighted by molar-refractivity contribution is -0.143. The van der Waals surface area contributed by atoms with E-state index in [1.165, 1.54) is 0 Å². The van der Waals surface area contributed by atoms with Gasteiger partial charge in [-0.3, -0.25) is 14.4 Å². The Morgan fingerprint density at radius 3 is 2.62 bits per heavy atom. The molecule has 1 aromatic carbocycles. The fourth-order valence-corrected chi connectivity index (χ4v) is 9.34. The number of benzene rings is 1. The van der Waals surface area contributed by atoms with Crippen molar-refractivity contribution in [3.05, 3.63) is 54.1 Å². The van der Waals surface area contributed by atoms with Gasteiger partial charge in [0.2, 0.25) is 11.8 Å². The summed E-state index contributed by atoms with van der Waals surface area (Å²) in [7, 11) is 0. The summed E-state index contributed by atoms with van der Waals surface area (Å²) < 4.78 is -0.682. The Balaban J connectivity index is 1.78. The van der Waals surface area contributed by atoms with Crippen LogP contribution in [0.3, 0.4) is 0 Å². The second-order valence-electron chi connectivity index (χ2n) is 10.7. The van der Waals surface area contributed by atoms with E-state index >= 15 is 0 Å². The maximum absolute atomic E-state index is 14.6. The Labute approximate surface area is 241 Å². The minimum Gasteiger partial charge on any atom is -0.396 e.